The van der Waals surface area contributed by atoms with Gasteiger partial charge >= 0.3 is 6.18 Å². The van der Waals surface area contributed by atoms with Crippen molar-refractivity contribution < 1.29 is 18.3 Å². The Morgan fingerprint density at radius 2 is 2.07 bits per heavy atom. The summed E-state index contributed by atoms with van der Waals surface area (Å²) in [5, 5.41) is 8.70. The summed E-state index contributed by atoms with van der Waals surface area (Å²) >= 11 is 0. The van der Waals surface area contributed by atoms with Crippen LogP contribution in [-0.2, 0) is 19.3 Å². The van der Waals surface area contributed by atoms with Gasteiger partial charge in [0.05, 0.1) is 18.7 Å². The van der Waals surface area contributed by atoms with E-state index in [0.717, 1.165) is 6.20 Å². The number of nitrogens with zero attached hydrogens (tertiary/aromatic N) is 1. The monoisotopic (exact) mass is 203 g/mol. The van der Waals surface area contributed by atoms with E-state index in [1.807, 2.05) is 0 Å². The van der Waals surface area contributed by atoms with Gasteiger partial charge in [0.15, 0.2) is 0 Å². The smallest absolute Gasteiger partial charge is 0.392 e. The first kappa shape index (κ1) is 10.7. The zero-order chi connectivity index (χ0) is 10.8. The first-order valence-electron chi connectivity index (χ1n) is 3.79. The summed E-state index contributed by atoms with van der Waals surface area (Å²) in [4.78, 5) is 0. The highest BCUT2D eigenvalue weighted by Crippen LogP contribution is 2.32. The van der Waals surface area contributed by atoms with Gasteiger partial charge in [-0.1, -0.05) is 5.92 Å². The number of halogens is 3. The normalized spacial score (nSPS) is 11.4. The van der Waals surface area contributed by atoms with Gasteiger partial charge in [-0.3, -0.25) is 0 Å². The lowest BCUT2D eigenvalue weighted by atomic mass is 10.2. The quantitative estimate of drug-likeness (QED) is 0.726. The molecule has 1 N–H and O–H groups in total. The second-order valence-corrected chi connectivity index (χ2v) is 2.73. The van der Waals surface area contributed by atoms with E-state index in [9.17, 15) is 13.2 Å². The van der Waals surface area contributed by atoms with Crippen LogP contribution >= 0.6 is 0 Å². The molecule has 0 amide bonds. The molecular weight excluding hydrogens is 195 g/mol. The highest BCUT2D eigenvalue weighted by Gasteiger charge is 2.34. The Kier molecular flexibility index (Phi) is 2.87. The van der Waals surface area contributed by atoms with Crippen molar-refractivity contribution in [2.45, 2.75) is 19.3 Å². The van der Waals surface area contributed by atoms with Gasteiger partial charge in [0.2, 0.25) is 0 Å². The molecule has 2 nitrogen and oxygen atoms in total. The largest absolute Gasteiger partial charge is 0.418 e. The first-order chi connectivity index (χ1) is 6.49. The Morgan fingerprint density at radius 3 is 2.43 bits per heavy atom. The molecule has 0 aliphatic carbocycles. The summed E-state index contributed by atoms with van der Waals surface area (Å²) in [5.41, 5.74) is -0.997. The minimum atomic E-state index is -4.45. The summed E-state index contributed by atoms with van der Waals surface area (Å²) in [7, 11) is 0. The third kappa shape index (κ3) is 2.09. The number of hydrogen-bond donors (Lipinski definition) is 1. The maximum atomic E-state index is 12.3. The number of aromatic nitrogens is 1. The molecule has 5 heteroatoms. The minimum absolute atomic E-state index is 0.0586. The predicted molar refractivity (Wildman–Crippen MR) is 44.2 cm³/mol. The summed E-state index contributed by atoms with van der Waals surface area (Å²) in [6.07, 6.45) is 2.60. The molecule has 0 unspecified atom stereocenters. The number of alkyl halides is 3. The molecule has 0 saturated heterocycles. The lowest BCUT2D eigenvalue weighted by Gasteiger charge is -2.04. The zero-order valence-electron chi connectivity index (χ0n) is 7.17. The van der Waals surface area contributed by atoms with E-state index >= 15 is 0 Å². The van der Waals surface area contributed by atoms with Gasteiger partial charge in [0, 0.05) is 18.0 Å². The number of aliphatic hydroxyl groups excluding tert-OH is 1. The standard InChI is InChI=1S/C9H8F3NO/c1-2-3-13-4-7(6-14)8(5-13)9(10,11)12/h1,4-5,14H,3,6H2. The average Bonchev–Trinajstić information content (AvgIpc) is 2.47. The summed E-state index contributed by atoms with van der Waals surface area (Å²) in [6, 6.07) is 0. The van der Waals surface area contributed by atoms with Crippen molar-refractivity contribution in [3.8, 4) is 12.3 Å². The Hall–Kier alpha value is -1.41. The van der Waals surface area contributed by atoms with E-state index in [1.54, 1.807) is 0 Å². The van der Waals surface area contributed by atoms with Crippen LogP contribution in [0.15, 0.2) is 12.4 Å². The van der Waals surface area contributed by atoms with Gasteiger partial charge in [-0.15, -0.1) is 6.42 Å². The van der Waals surface area contributed by atoms with E-state index < -0.39 is 18.3 Å². The molecule has 0 radical (unpaired) electrons. The number of hydrogen-bond acceptors (Lipinski definition) is 1. The second kappa shape index (κ2) is 3.76. The van der Waals surface area contributed by atoms with Gasteiger partial charge in [0.25, 0.3) is 0 Å². The summed E-state index contributed by atoms with van der Waals surface area (Å²) in [5.74, 6) is 2.21. The van der Waals surface area contributed by atoms with Crippen molar-refractivity contribution in [2.75, 3.05) is 0 Å². The molecule has 0 aliphatic heterocycles. The Labute approximate surface area is 79.0 Å². The second-order valence-electron chi connectivity index (χ2n) is 2.73. The molecule has 1 rings (SSSR count). The van der Waals surface area contributed by atoms with Gasteiger partial charge in [0.1, 0.15) is 0 Å². The van der Waals surface area contributed by atoms with E-state index in [-0.39, 0.29) is 12.1 Å². The lowest BCUT2D eigenvalue weighted by Crippen LogP contribution is -2.06. The molecule has 0 spiro atoms. The molecule has 0 saturated carbocycles. The number of rotatable bonds is 2. The molecule has 0 aliphatic rings. The Balaban J connectivity index is 3.10. The molecule has 0 fully saturated rings. The van der Waals surface area contributed by atoms with Gasteiger partial charge < -0.3 is 9.67 Å². The highest BCUT2D eigenvalue weighted by atomic mass is 19.4. The maximum Gasteiger partial charge on any atom is 0.418 e. The summed E-state index contributed by atoms with van der Waals surface area (Å²) in [6.45, 7) is -0.588. The average molecular weight is 203 g/mol. The lowest BCUT2D eigenvalue weighted by molar-refractivity contribution is -0.138. The van der Waals surface area contributed by atoms with E-state index in [2.05, 4.69) is 5.92 Å². The van der Waals surface area contributed by atoms with Crippen molar-refractivity contribution >= 4 is 0 Å². The fraction of sp³-hybridized carbons (Fsp3) is 0.333. The molecule has 1 aromatic rings. The molecule has 76 valence electrons. The van der Waals surface area contributed by atoms with E-state index in [4.69, 9.17) is 11.5 Å². The summed E-state index contributed by atoms with van der Waals surface area (Å²) < 4.78 is 38.2. The van der Waals surface area contributed by atoms with Crippen molar-refractivity contribution in [1.82, 2.24) is 4.57 Å². The van der Waals surface area contributed by atoms with Crippen molar-refractivity contribution in [3.05, 3.63) is 23.5 Å². The van der Waals surface area contributed by atoms with Gasteiger partial charge in [-0.05, 0) is 0 Å². The van der Waals surface area contributed by atoms with Crippen LogP contribution in [0.4, 0.5) is 13.2 Å². The molecule has 0 aromatic carbocycles. The van der Waals surface area contributed by atoms with Crippen LogP contribution in [-0.4, -0.2) is 9.67 Å². The molecule has 0 bridgehead atoms. The third-order valence-corrected chi connectivity index (χ3v) is 1.71. The molecule has 0 atom stereocenters. The van der Waals surface area contributed by atoms with Crippen LogP contribution in [0.5, 0.6) is 0 Å². The predicted octanol–water partition coefficient (Wildman–Crippen LogP) is 1.63. The zero-order valence-corrected chi connectivity index (χ0v) is 7.17. The topological polar surface area (TPSA) is 25.2 Å². The minimum Gasteiger partial charge on any atom is -0.392 e. The van der Waals surface area contributed by atoms with Crippen molar-refractivity contribution in [2.24, 2.45) is 0 Å². The molecule has 14 heavy (non-hydrogen) atoms. The molecule has 1 aromatic heterocycles. The van der Waals surface area contributed by atoms with Gasteiger partial charge in [-0.2, -0.15) is 13.2 Å². The van der Waals surface area contributed by atoms with Gasteiger partial charge in [-0.25, -0.2) is 0 Å². The van der Waals surface area contributed by atoms with Crippen LogP contribution in [0.25, 0.3) is 0 Å². The van der Waals surface area contributed by atoms with Crippen LogP contribution in [0.3, 0.4) is 0 Å². The fourth-order valence-corrected chi connectivity index (χ4v) is 1.13. The first-order valence-corrected chi connectivity index (χ1v) is 3.79. The van der Waals surface area contributed by atoms with Crippen LogP contribution in [0, 0.1) is 12.3 Å². The van der Waals surface area contributed by atoms with E-state index in [1.165, 1.54) is 10.8 Å². The fourth-order valence-electron chi connectivity index (χ4n) is 1.13. The van der Waals surface area contributed by atoms with E-state index in [0.29, 0.717) is 0 Å². The number of aliphatic hydroxyl groups is 1. The van der Waals surface area contributed by atoms with Crippen molar-refractivity contribution in [3.63, 3.8) is 0 Å². The molecular formula is C9H8F3NO. The highest BCUT2D eigenvalue weighted by molar-refractivity contribution is 5.27. The molecule has 1 heterocycles. The third-order valence-electron chi connectivity index (χ3n) is 1.71. The Bertz CT molecular complexity index is 359. The Morgan fingerprint density at radius 1 is 1.43 bits per heavy atom. The maximum absolute atomic E-state index is 12.3. The van der Waals surface area contributed by atoms with Crippen LogP contribution < -0.4 is 0 Å². The van der Waals surface area contributed by atoms with Crippen LogP contribution in [0.2, 0.25) is 0 Å². The number of terminal acetylenes is 1. The van der Waals surface area contributed by atoms with Crippen LogP contribution in [0.1, 0.15) is 11.1 Å². The SMILES string of the molecule is C#CCn1cc(CO)c(C(F)(F)F)c1. The van der Waals surface area contributed by atoms with Crippen molar-refractivity contribution in [1.29, 1.82) is 0 Å².